The maximum absolute atomic E-state index is 13.4. The Morgan fingerprint density at radius 2 is 1.71 bits per heavy atom. The highest BCUT2D eigenvalue weighted by Crippen LogP contribution is 2.38. The average Bonchev–Trinajstić information content (AvgIpc) is 3.14. The number of rotatable bonds is 5. The van der Waals surface area contributed by atoms with Crippen molar-refractivity contribution in [1.82, 2.24) is 25.0 Å². The van der Waals surface area contributed by atoms with Gasteiger partial charge in [-0.05, 0) is 25.1 Å². The summed E-state index contributed by atoms with van der Waals surface area (Å²) < 4.78 is 96.4. The summed E-state index contributed by atoms with van der Waals surface area (Å²) in [7, 11) is 0. The van der Waals surface area contributed by atoms with Gasteiger partial charge in [-0.25, -0.2) is 19.0 Å². The van der Waals surface area contributed by atoms with Crippen LogP contribution in [0.25, 0.3) is 5.69 Å². The Hall–Kier alpha value is -3.29. The Morgan fingerprint density at radius 1 is 1.06 bits per heavy atom. The fourth-order valence-corrected chi connectivity index (χ4v) is 2.31. The van der Waals surface area contributed by atoms with E-state index >= 15 is 0 Å². The normalized spacial score (nSPS) is 14.4. The predicted molar refractivity (Wildman–Crippen MR) is 88.3 cm³/mol. The van der Waals surface area contributed by atoms with Gasteiger partial charge in [0.25, 0.3) is 0 Å². The van der Waals surface area contributed by atoms with E-state index in [2.05, 4.69) is 20.3 Å². The van der Waals surface area contributed by atoms with E-state index in [4.69, 9.17) is 4.74 Å². The standard InChI is InChI=1S/C17H12F7N5O2/c1-15(30,17(22,23)24)9-5-25-14(26-6-9)31-8-10-7-29(28-27-10)11-2-3-13(18)12(4-11)16(19,20)21/h2-7,30H,8H2,1H3. The van der Waals surface area contributed by atoms with Crippen molar-refractivity contribution in [3.8, 4) is 11.7 Å². The van der Waals surface area contributed by atoms with Gasteiger partial charge in [0, 0.05) is 18.0 Å². The van der Waals surface area contributed by atoms with Crippen LogP contribution in [0.4, 0.5) is 30.7 Å². The molecule has 0 saturated heterocycles. The molecule has 1 unspecified atom stereocenters. The summed E-state index contributed by atoms with van der Waals surface area (Å²) in [4.78, 5) is 7.14. The second-order valence-electron chi connectivity index (χ2n) is 6.43. The van der Waals surface area contributed by atoms with Gasteiger partial charge in [-0.1, -0.05) is 5.21 Å². The number of hydrogen-bond donors (Lipinski definition) is 1. The van der Waals surface area contributed by atoms with Crippen LogP contribution in [0.15, 0.2) is 36.8 Å². The number of benzene rings is 1. The smallest absolute Gasteiger partial charge is 0.421 e. The molecule has 0 aliphatic heterocycles. The van der Waals surface area contributed by atoms with E-state index in [-0.39, 0.29) is 24.0 Å². The van der Waals surface area contributed by atoms with Gasteiger partial charge in [-0.15, -0.1) is 5.10 Å². The summed E-state index contributed by atoms with van der Waals surface area (Å²) in [6.45, 7) is 0.229. The van der Waals surface area contributed by atoms with Gasteiger partial charge < -0.3 is 9.84 Å². The first kappa shape index (κ1) is 22.4. The van der Waals surface area contributed by atoms with E-state index in [1.165, 1.54) is 6.20 Å². The molecule has 2 heterocycles. The van der Waals surface area contributed by atoms with Crippen LogP contribution in [0, 0.1) is 5.82 Å². The van der Waals surface area contributed by atoms with Crippen molar-refractivity contribution >= 4 is 0 Å². The van der Waals surface area contributed by atoms with E-state index in [0.717, 1.165) is 23.1 Å². The molecular weight excluding hydrogens is 439 g/mol. The molecule has 0 bridgehead atoms. The molecular formula is C17H12F7N5O2. The highest BCUT2D eigenvalue weighted by Gasteiger charge is 2.51. The third-order valence-electron chi connectivity index (χ3n) is 4.15. The summed E-state index contributed by atoms with van der Waals surface area (Å²) >= 11 is 0. The summed E-state index contributed by atoms with van der Waals surface area (Å²) in [6.07, 6.45) is -7.15. The van der Waals surface area contributed by atoms with Crippen molar-refractivity contribution < 1.29 is 40.6 Å². The third kappa shape index (κ3) is 4.73. The lowest BCUT2D eigenvalue weighted by Crippen LogP contribution is -2.39. The number of alkyl halides is 6. The molecule has 0 aliphatic rings. The van der Waals surface area contributed by atoms with Crippen molar-refractivity contribution in [3.05, 3.63) is 59.4 Å². The number of hydrogen-bond acceptors (Lipinski definition) is 6. The van der Waals surface area contributed by atoms with E-state index in [9.17, 15) is 35.8 Å². The molecule has 31 heavy (non-hydrogen) atoms. The van der Waals surface area contributed by atoms with Crippen LogP contribution in [0.5, 0.6) is 6.01 Å². The van der Waals surface area contributed by atoms with Gasteiger partial charge in [0.15, 0.2) is 5.60 Å². The molecule has 0 aliphatic carbocycles. The maximum atomic E-state index is 13.4. The number of nitrogens with zero attached hydrogens (tertiary/aromatic N) is 5. The molecule has 1 aromatic carbocycles. The molecule has 7 nitrogen and oxygen atoms in total. The molecule has 3 aromatic rings. The predicted octanol–water partition coefficient (Wildman–Crippen LogP) is 3.56. The van der Waals surface area contributed by atoms with Gasteiger partial charge >= 0.3 is 18.4 Å². The molecule has 1 N–H and O–H groups in total. The number of halogens is 7. The topological polar surface area (TPSA) is 86.0 Å². The van der Waals surface area contributed by atoms with Gasteiger partial charge in [-0.2, -0.15) is 26.3 Å². The first-order chi connectivity index (χ1) is 14.3. The second-order valence-corrected chi connectivity index (χ2v) is 6.43. The van der Waals surface area contributed by atoms with E-state index < -0.39 is 34.9 Å². The number of aliphatic hydroxyl groups is 1. The Morgan fingerprint density at radius 3 is 2.29 bits per heavy atom. The Balaban J connectivity index is 1.70. The molecule has 1 atom stereocenters. The Bertz CT molecular complexity index is 1060. The van der Waals surface area contributed by atoms with E-state index in [1.54, 1.807) is 0 Å². The van der Waals surface area contributed by atoms with Crippen LogP contribution in [-0.2, 0) is 18.4 Å². The minimum absolute atomic E-state index is 0.109. The van der Waals surface area contributed by atoms with Crippen LogP contribution in [0.3, 0.4) is 0 Å². The summed E-state index contributed by atoms with van der Waals surface area (Å²) in [6, 6.07) is 1.93. The van der Waals surface area contributed by atoms with Gasteiger partial charge in [0.2, 0.25) is 0 Å². The van der Waals surface area contributed by atoms with Crippen molar-refractivity contribution in [2.75, 3.05) is 0 Å². The Kier molecular flexibility index (Phi) is 5.60. The molecule has 0 fully saturated rings. The SMILES string of the molecule is CC(O)(c1cnc(OCc2cn(-c3ccc(F)c(C(F)(F)F)c3)nn2)nc1)C(F)(F)F. The molecule has 3 rings (SSSR count). The van der Waals surface area contributed by atoms with E-state index in [1.807, 2.05) is 0 Å². The molecule has 0 amide bonds. The monoisotopic (exact) mass is 451 g/mol. The van der Waals surface area contributed by atoms with E-state index in [0.29, 0.717) is 19.1 Å². The summed E-state index contributed by atoms with van der Waals surface area (Å²) in [5, 5.41) is 16.9. The van der Waals surface area contributed by atoms with Crippen LogP contribution in [0.1, 0.15) is 23.7 Å². The number of ether oxygens (including phenoxy) is 1. The van der Waals surface area contributed by atoms with Crippen LogP contribution >= 0.6 is 0 Å². The highest BCUT2D eigenvalue weighted by atomic mass is 19.4. The Labute approximate surface area is 169 Å². The maximum Gasteiger partial charge on any atom is 0.421 e. The molecule has 166 valence electrons. The zero-order valence-corrected chi connectivity index (χ0v) is 15.4. The van der Waals surface area contributed by atoms with Crippen molar-refractivity contribution in [2.45, 2.75) is 31.5 Å². The van der Waals surface area contributed by atoms with Gasteiger partial charge in [-0.3, -0.25) is 0 Å². The van der Waals surface area contributed by atoms with Crippen LogP contribution in [0.2, 0.25) is 0 Å². The third-order valence-corrected chi connectivity index (χ3v) is 4.15. The minimum atomic E-state index is -4.94. The highest BCUT2D eigenvalue weighted by molar-refractivity contribution is 5.37. The van der Waals surface area contributed by atoms with Crippen molar-refractivity contribution in [3.63, 3.8) is 0 Å². The number of aromatic nitrogens is 5. The minimum Gasteiger partial charge on any atom is -0.457 e. The largest absolute Gasteiger partial charge is 0.457 e. The quantitative estimate of drug-likeness (QED) is 0.598. The molecule has 0 spiro atoms. The van der Waals surface area contributed by atoms with Crippen LogP contribution < -0.4 is 4.74 Å². The summed E-state index contributed by atoms with van der Waals surface area (Å²) in [5.41, 5.74) is -5.22. The lowest BCUT2D eigenvalue weighted by molar-refractivity contribution is -0.259. The molecule has 0 saturated carbocycles. The molecule has 14 heteroatoms. The fraction of sp³-hybridized carbons (Fsp3) is 0.294. The van der Waals surface area contributed by atoms with Crippen molar-refractivity contribution in [2.24, 2.45) is 0 Å². The van der Waals surface area contributed by atoms with Crippen LogP contribution in [-0.4, -0.2) is 36.2 Å². The molecule has 2 aromatic heterocycles. The van der Waals surface area contributed by atoms with Gasteiger partial charge in [0.1, 0.15) is 18.1 Å². The molecule has 0 radical (unpaired) electrons. The first-order valence-corrected chi connectivity index (χ1v) is 8.32. The zero-order chi connectivity index (χ0) is 23.0. The summed E-state index contributed by atoms with van der Waals surface area (Å²) in [5.74, 6) is -1.44. The van der Waals surface area contributed by atoms with Crippen molar-refractivity contribution in [1.29, 1.82) is 0 Å². The lowest BCUT2D eigenvalue weighted by atomic mass is 9.99. The first-order valence-electron chi connectivity index (χ1n) is 8.32. The van der Waals surface area contributed by atoms with Gasteiger partial charge in [0.05, 0.1) is 17.4 Å². The average molecular weight is 451 g/mol. The second kappa shape index (κ2) is 7.76. The fourth-order valence-electron chi connectivity index (χ4n) is 2.31. The lowest BCUT2D eigenvalue weighted by Gasteiger charge is -2.25. The zero-order valence-electron chi connectivity index (χ0n) is 15.4.